The average molecular weight is 617 g/mol. The Balaban J connectivity index is 0.00000387. The van der Waals surface area contributed by atoms with Crippen molar-refractivity contribution in [3.05, 3.63) is 77.4 Å². The molecule has 0 unspecified atom stereocenters. The van der Waals surface area contributed by atoms with Gasteiger partial charge in [0.05, 0.1) is 29.3 Å². The highest BCUT2D eigenvalue weighted by atomic mass is 35.5. The van der Waals surface area contributed by atoms with Crippen molar-refractivity contribution in [3.8, 4) is 11.5 Å². The summed E-state index contributed by atoms with van der Waals surface area (Å²) >= 11 is 1.39. The SMILES string of the molecule is COc1cc2nc(N(CCN(C)C)C(=O)c3ccc(S(=O)(=O)N4CCc5ccccc5C4)cc3)sc2cc1OC.Cl. The summed E-state index contributed by atoms with van der Waals surface area (Å²) in [4.78, 5) is 22.3. The third-order valence-electron chi connectivity index (χ3n) is 6.96. The topological polar surface area (TPSA) is 92.3 Å². The van der Waals surface area contributed by atoms with Crippen molar-refractivity contribution in [2.45, 2.75) is 17.9 Å². The number of anilines is 1. The number of thiazole rings is 1. The molecule has 2 heterocycles. The Kier molecular flexibility index (Phi) is 9.55. The molecule has 0 aliphatic carbocycles. The van der Waals surface area contributed by atoms with E-state index in [-0.39, 0.29) is 23.2 Å². The summed E-state index contributed by atoms with van der Waals surface area (Å²) in [5, 5.41) is 0.542. The normalized spacial score (nSPS) is 13.5. The summed E-state index contributed by atoms with van der Waals surface area (Å²) < 4.78 is 40.0. The number of halogens is 1. The molecule has 9 nitrogen and oxygen atoms in total. The molecule has 5 rings (SSSR count). The van der Waals surface area contributed by atoms with E-state index in [9.17, 15) is 13.2 Å². The molecular weight excluding hydrogens is 584 g/mol. The zero-order valence-corrected chi connectivity index (χ0v) is 25.8. The molecule has 0 atom stereocenters. The molecule has 41 heavy (non-hydrogen) atoms. The van der Waals surface area contributed by atoms with Crippen molar-refractivity contribution in [1.29, 1.82) is 0 Å². The number of likely N-dealkylation sites (N-methyl/N-ethyl adjacent to an activating group) is 1. The Morgan fingerprint density at radius 3 is 2.29 bits per heavy atom. The fraction of sp³-hybridized carbons (Fsp3) is 0.310. The van der Waals surface area contributed by atoms with Gasteiger partial charge in [-0.25, -0.2) is 13.4 Å². The summed E-state index contributed by atoms with van der Waals surface area (Å²) in [5.41, 5.74) is 3.28. The van der Waals surface area contributed by atoms with Crippen LogP contribution in [0.2, 0.25) is 0 Å². The molecule has 12 heteroatoms. The Morgan fingerprint density at radius 2 is 1.63 bits per heavy atom. The average Bonchev–Trinajstić information content (AvgIpc) is 3.38. The minimum absolute atomic E-state index is 0. The third kappa shape index (κ3) is 6.34. The lowest BCUT2D eigenvalue weighted by molar-refractivity contribution is 0.0985. The Morgan fingerprint density at radius 1 is 0.976 bits per heavy atom. The van der Waals surface area contributed by atoms with Crippen molar-refractivity contribution in [2.75, 3.05) is 52.8 Å². The summed E-state index contributed by atoms with van der Waals surface area (Å²) in [6, 6.07) is 17.7. The fourth-order valence-corrected chi connectivity index (χ4v) is 7.11. The van der Waals surface area contributed by atoms with Crippen LogP contribution in [-0.2, 0) is 23.0 Å². The number of benzene rings is 3. The number of hydrogen-bond donors (Lipinski definition) is 0. The van der Waals surface area contributed by atoms with E-state index >= 15 is 0 Å². The maximum atomic E-state index is 13.7. The van der Waals surface area contributed by atoms with Crippen LogP contribution in [0.25, 0.3) is 10.2 Å². The van der Waals surface area contributed by atoms with E-state index in [4.69, 9.17) is 14.5 Å². The molecule has 218 valence electrons. The molecule has 0 spiro atoms. The molecule has 3 aromatic carbocycles. The number of methoxy groups -OCH3 is 2. The minimum Gasteiger partial charge on any atom is -0.493 e. The number of sulfonamides is 1. The van der Waals surface area contributed by atoms with Gasteiger partial charge in [0.1, 0.15) is 0 Å². The van der Waals surface area contributed by atoms with Crippen molar-refractivity contribution in [2.24, 2.45) is 0 Å². The molecule has 1 aliphatic heterocycles. The van der Waals surface area contributed by atoms with Crippen LogP contribution < -0.4 is 14.4 Å². The molecule has 0 fully saturated rings. The number of carbonyl (C=O) groups is 1. The van der Waals surface area contributed by atoms with Crippen molar-refractivity contribution in [3.63, 3.8) is 0 Å². The number of nitrogens with zero attached hydrogens (tertiary/aromatic N) is 4. The maximum Gasteiger partial charge on any atom is 0.260 e. The van der Waals surface area contributed by atoms with Crippen molar-refractivity contribution in [1.82, 2.24) is 14.2 Å². The van der Waals surface area contributed by atoms with Gasteiger partial charge in [-0.2, -0.15) is 4.31 Å². The van der Waals surface area contributed by atoms with Crippen LogP contribution in [0.1, 0.15) is 21.5 Å². The fourth-order valence-electron chi connectivity index (χ4n) is 4.69. The van der Waals surface area contributed by atoms with Crippen LogP contribution in [-0.4, -0.2) is 76.5 Å². The molecule has 0 radical (unpaired) electrons. The van der Waals surface area contributed by atoms with Gasteiger partial charge >= 0.3 is 0 Å². The van der Waals surface area contributed by atoms with Gasteiger partial charge in [-0.3, -0.25) is 9.69 Å². The smallest absolute Gasteiger partial charge is 0.260 e. The highest BCUT2D eigenvalue weighted by Gasteiger charge is 2.29. The highest BCUT2D eigenvalue weighted by Crippen LogP contribution is 2.37. The van der Waals surface area contributed by atoms with E-state index in [0.29, 0.717) is 60.3 Å². The summed E-state index contributed by atoms with van der Waals surface area (Å²) in [7, 11) is 3.32. The van der Waals surface area contributed by atoms with Crippen LogP contribution >= 0.6 is 23.7 Å². The lowest BCUT2D eigenvalue weighted by Crippen LogP contribution is -2.37. The van der Waals surface area contributed by atoms with Crippen LogP contribution in [0, 0.1) is 0 Å². The first-order valence-corrected chi connectivity index (χ1v) is 15.1. The van der Waals surface area contributed by atoms with E-state index in [2.05, 4.69) is 0 Å². The first-order valence-electron chi connectivity index (χ1n) is 12.9. The Bertz CT molecular complexity index is 1600. The number of fused-ring (bicyclic) bond motifs is 2. The van der Waals surface area contributed by atoms with Gasteiger partial charge in [0.15, 0.2) is 16.6 Å². The van der Waals surface area contributed by atoms with E-state index in [1.807, 2.05) is 49.3 Å². The predicted molar refractivity (Wildman–Crippen MR) is 164 cm³/mol. The number of carbonyl (C=O) groups excluding carboxylic acids is 1. The third-order valence-corrected chi connectivity index (χ3v) is 9.86. The molecule has 0 saturated carbocycles. The number of amides is 1. The summed E-state index contributed by atoms with van der Waals surface area (Å²) in [5.74, 6) is 0.896. The molecule has 1 aliphatic rings. The van der Waals surface area contributed by atoms with Gasteiger partial charge in [-0.1, -0.05) is 35.6 Å². The largest absolute Gasteiger partial charge is 0.493 e. The number of hydrogen-bond acceptors (Lipinski definition) is 8. The first-order chi connectivity index (χ1) is 19.2. The molecule has 1 amide bonds. The molecule has 0 saturated heterocycles. The van der Waals surface area contributed by atoms with Crippen LogP contribution in [0.4, 0.5) is 5.13 Å². The first kappa shape index (κ1) is 30.7. The highest BCUT2D eigenvalue weighted by molar-refractivity contribution is 7.89. The summed E-state index contributed by atoms with van der Waals surface area (Å²) in [6.07, 6.45) is 0.673. The monoisotopic (exact) mass is 616 g/mol. The Labute approximate surface area is 250 Å². The second-order valence-electron chi connectivity index (χ2n) is 9.81. The quantitative estimate of drug-likeness (QED) is 0.269. The van der Waals surface area contributed by atoms with Gasteiger partial charge in [0.2, 0.25) is 10.0 Å². The number of rotatable bonds is 9. The minimum atomic E-state index is -3.70. The standard InChI is InChI=1S/C29H32N4O5S2.ClH/c1-31(2)15-16-33(29-30-24-17-25(37-3)26(38-4)18-27(24)39-29)28(34)21-9-11-23(12-10-21)40(35,36)32-14-13-20-7-5-6-8-22(20)19-32;/h5-12,17-18H,13-16,19H2,1-4H3;1H. The Hall–Kier alpha value is -3.22. The van der Waals surface area contributed by atoms with Crippen LogP contribution in [0.3, 0.4) is 0 Å². The van der Waals surface area contributed by atoms with E-state index < -0.39 is 10.0 Å². The molecule has 0 bridgehead atoms. The lowest BCUT2D eigenvalue weighted by atomic mass is 10.0. The maximum absolute atomic E-state index is 13.7. The van der Waals surface area contributed by atoms with Crippen molar-refractivity contribution < 1.29 is 22.7 Å². The summed E-state index contributed by atoms with van der Waals surface area (Å²) in [6.45, 7) is 1.79. The van der Waals surface area contributed by atoms with Gasteiger partial charge in [-0.15, -0.1) is 12.4 Å². The number of aromatic nitrogens is 1. The zero-order valence-electron chi connectivity index (χ0n) is 23.4. The van der Waals surface area contributed by atoms with E-state index in [1.165, 1.54) is 33.3 Å². The second kappa shape index (κ2) is 12.7. The lowest BCUT2D eigenvalue weighted by Gasteiger charge is -2.28. The second-order valence-corrected chi connectivity index (χ2v) is 12.8. The van der Waals surface area contributed by atoms with Crippen molar-refractivity contribution >= 4 is 55.0 Å². The van der Waals surface area contributed by atoms with Gasteiger partial charge < -0.3 is 14.4 Å². The predicted octanol–water partition coefficient (Wildman–Crippen LogP) is 4.69. The molecule has 0 N–H and O–H groups in total. The van der Waals surface area contributed by atoms with Gasteiger partial charge in [0, 0.05) is 43.9 Å². The van der Waals surface area contributed by atoms with Crippen LogP contribution in [0.5, 0.6) is 11.5 Å². The van der Waals surface area contributed by atoms with Gasteiger partial charge in [-0.05, 0) is 55.9 Å². The van der Waals surface area contributed by atoms with Crippen LogP contribution in [0.15, 0.2) is 65.6 Å². The number of ether oxygens (including phenoxy) is 2. The van der Waals surface area contributed by atoms with E-state index in [1.54, 1.807) is 37.3 Å². The van der Waals surface area contributed by atoms with E-state index in [0.717, 1.165) is 10.3 Å². The molecular formula is C29H33ClN4O5S2. The molecule has 1 aromatic heterocycles. The zero-order chi connectivity index (χ0) is 28.4. The van der Waals surface area contributed by atoms with Gasteiger partial charge in [0.25, 0.3) is 5.91 Å². The molecule has 4 aromatic rings.